The summed E-state index contributed by atoms with van der Waals surface area (Å²) in [6.45, 7) is 0.377. The maximum atomic E-state index is 5.55. The van der Waals surface area contributed by atoms with Crippen molar-refractivity contribution in [1.29, 1.82) is 0 Å². The van der Waals surface area contributed by atoms with Crippen LogP contribution in [-0.4, -0.2) is 10.2 Å². The van der Waals surface area contributed by atoms with Gasteiger partial charge in [-0.2, -0.15) is 5.10 Å². The minimum atomic E-state index is 0.377. The Morgan fingerprint density at radius 2 is 1.94 bits per heavy atom. The van der Waals surface area contributed by atoms with Gasteiger partial charge in [-0.3, -0.25) is 0 Å². The van der Waals surface area contributed by atoms with Gasteiger partial charge in [-0.1, -0.05) is 12.1 Å². The van der Waals surface area contributed by atoms with Crippen LogP contribution in [0.5, 0.6) is 11.6 Å². The van der Waals surface area contributed by atoms with Crippen LogP contribution in [0, 0.1) is 0 Å². The summed E-state index contributed by atoms with van der Waals surface area (Å²) in [5, 5.41) is 7.82. The molecule has 16 heavy (non-hydrogen) atoms. The highest BCUT2D eigenvalue weighted by atomic mass is 79.9. The Bertz CT molecular complexity index is 473. The van der Waals surface area contributed by atoms with E-state index in [2.05, 4.69) is 26.1 Å². The van der Waals surface area contributed by atoms with Crippen molar-refractivity contribution < 1.29 is 4.74 Å². The van der Waals surface area contributed by atoms with E-state index in [1.54, 1.807) is 12.1 Å². The van der Waals surface area contributed by atoms with Gasteiger partial charge in [0, 0.05) is 12.6 Å². The van der Waals surface area contributed by atoms with Gasteiger partial charge in [-0.05, 0) is 34.1 Å². The second-order valence-electron chi connectivity index (χ2n) is 3.10. The van der Waals surface area contributed by atoms with E-state index < -0.39 is 0 Å². The van der Waals surface area contributed by atoms with E-state index in [9.17, 15) is 0 Å². The fraction of sp³-hybridized carbons (Fsp3) is 0.0909. The molecule has 1 aromatic carbocycles. The molecule has 0 atom stereocenters. The predicted octanol–water partition coefficient (Wildman–Crippen LogP) is 2.49. The van der Waals surface area contributed by atoms with E-state index in [0.717, 1.165) is 10.2 Å². The quantitative estimate of drug-likeness (QED) is 0.938. The van der Waals surface area contributed by atoms with Gasteiger partial charge in [0.25, 0.3) is 0 Å². The molecule has 5 heteroatoms. The molecule has 2 N–H and O–H groups in total. The number of halogens is 1. The summed E-state index contributed by atoms with van der Waals surface area (Å²) in [4.78, 5) is 0. The molecule has 0 spiro atoms. The predicted molar refractivity (Wildman–Crippen MR) is 64.1 cm³/mol. The van der Waals surface area contributed by atoms with Gasteiger partial charge in [0.1, 0.15) is 5.75 Å². The van der Waals surface area contributed by atoms with Crippen molar-refractivity contribution in [2.45, 2.75) is 6.54 Å². The first-order valence-electron chi connectivity index (χ1n) is 4.74. The maximum absolute atomic E-state index is 5.55. The normalized spacial score (nSPS) is 10.1. The van der Waals surface area contributed by atoms with E-state index in [1.807, 2.05) is 24.3 Å². The number of nitrogens with two attached hydrogens (primary N) is 1. The van der Waals surface area contributed by atoms with E-state index in [-0.39, 0.29) is 0 Å². The van der Waals surface area contributed by atoms with Gasteiger partial charge in [0.05, 0.1) is 10.2 Å². The lowest BCUT2D eigenvalue weighted by Gasteiger charge is -2.05. The first-order chi connectivity index (χ1) is 7.79. The Balaban J connectivity index is 2.18. The Hall–Kier alpha value is -1.46. The Morgan fingerprint density at radius 1 is 1.12 bits per heavy atom. The summed E-state index contributed by atoms with van der Waals surface area (Å²) in [6, 6.07) is 11.1. The lowest BCUT2D eigenvalue weighted by molar-refractivity contribution is 0.451. The Labute approximate surface area is 102 Å². The molecule has 4 nitrogen and oxygen atoms in total. The molecular formula is C11H10BrN3O. The van der Waals surface area contributed by atoms with Crippen LogP contribution in [0.1, 0.15) is 5.69 Å². The third-order valence-electron chi connectivity index (χ3n) is 1.96. The number of nitrogens with zero attached hydrogens (tertiary/aromatic N) is 2. The number of ether oxygens (including phenoxy) is 1. The summed E-state index contributed by atoms with van der Waals surface area (Å²) >= 11 is 3.39. The molecule has 0 unspecified atom stereocenters. The number of hydrogen-bond acceptors (Lipinski definition) is 4. The molecule has 0 saturated heterocycles. The maximum Gasteiger partial charge on any atom is 0.238 e. The highest BCUT2D eigenvalue weighted by Crippen LogP contribution is 2.27. The molecule has 1 heterocycles. The number of benzene rings is 1. The van der Waals surface area contributed by atoms with Crippen LogP contribution >= 0.6 is 15.9 Å². The average molecular weight is 280 g/mol. The Morgan fingerprint density at radius 3 is 2.56 bits per heavy atom. The first-order valence-corrected chi connectivity index (χ1v) is 5.54. The summed E-state index contributed by atoms with van der Waals surface area (Å²) in [7, 11) is 0. The van der Waals surface area contributed by atoms with E-state index in [4.69, 9.17) is 10.5 Å². The van der Waals surface area contributed by atoms with Gasteiger partial charge >= 0.3 is 0 Å². The molecular weight excluding hydrogens is 270 g/mol. The molecule has 0 bridgehead atoms. The number of hydrogen-bond donors (Lipinski definition) is 1. The van der Waals surface area contributed by atoms with Crippen molar-refractivity contribution >= 4 is 15.9 Å². The lowest BCUT2D eigenvalue weighted by Crippen LogP contribution is -2.01. The van der Waals surface area contributed by atoms with Crippen molar-refractivity contribution in [2.75, 3.05) is 0 Å². The minimum absolute atomic E-state index is 0.377. The van der Waals surface area contributed by atoms with E-state index in [0.29, 0.717) is 18.2 Å². The van der Waals surface area contributed by atoms with Gasteiger partial charge in [0.15, 0.2) is 0 Å². The van der Waals surface area contributed by atoms with Gasteiger partial charge < -0.3 is 10.5 Å². The standard InChI is InChI=1S/C11H10BrN3O/c12-9-3-1-2-4-10(9)16-11-6-5-8(7-13)14-15-11/h1-6H,7,13H2. The fourth-order valence-corrected chi connectivity index (χ4v) is 1.52. The van der Waals surface area contributed by atoms with Crippen molar-refractivity contribution in [3.8, 4) is 11.6 Å². The van der Waals surface area contributed by atoms with Crippen LogP contribution in [0.25, 0.3) is 0 Å². The average Bonchev–Trinajstić information content (AvgIpc) is 2.33. The first kappa shape index (κ1) is 11.0. The zero-order valence-electron chi connectivity index (χ0n) is 8.43. The van der Waals surface area contributed by atoms with Crippen LogP contribution in [0.2, 0.25) is 0 Å². The van der Waals surface area contributed by atoms with Crippen LogP contribution in [0.4, 0.5) is 0 Å². The zero-order valence-corrected chi connectivity index (χ0v) is 10.0. The topological polar surface area (TPSA) is 61.0 Å². The van der Waals surface area contributed by atoms with Gasteiger partial charge in [0.2, 0.25) is 5.88 Å². The third-order valence-corrected chi connectivity index (χ3v) is 2.61. The molecule has 0 aliphatic heterocycles. The second kappa shape index (κ2) is 5.05. The van der Waals surface area contributed by atoms with Crippen molar-refractivity contribution in [3.63, 3.8) is 0 Å². The minimum Gasteiger partial charge on any atom is -0.436 e. The molecule has 0 saturated carbocycles. The van der Waals surface area contributed by atoms with Gasteiger partial charge in [-0.25, -0.2) is 0 Å². The summed E-state index contributed by atoms with van der Waals surface area (Å²) in [5.74, 6) is 1.15. The summed E-state index contributed by atoms with van der Waals surface area (Å²) in [6.07, 6.45) is 0. The molecule has 1 aromatic heterocycles. The SMILES string of the molecule is NCc1ccc(Oc2ccccc2Br)nn1. The molecule has 0 amide bonds. The smallest absolute Gasteiger partial charge is 0.238 e. The fourth-order valence-electron chi connectivity index (χ4n) is 1.15. The second-order valence-corrected chi connectivity index (χ2v) is 3.95. The summed E-state index contributed by atoms with van der Waals surface area (Å²) < 4.78 is 6.42. The molecule has 2 aromatic rings. The highest BCUT2D eigenvalue weighted by molar-refractivity contribution is 9.10. The van der Waals surface area contributed by atoms with Crippen molar-refractivity contribution in [1.82, 2.24) is 10.2 Å². The zero-order chi connectivity index (χ0) is 11.4. The van der Waals surface area contributed by atoms with Crippen molar-refractivity contribution in [2.24, 2.45) is 5.73 Å². The largest absolute Gasteiger partial charge is 0.436 e. The van der Waals surface area contributed by atoms with Crippen LogP contribution in [0.15, 0.2) is 40.9 Å². The monoisotopic (exact) mass is 279 g/mol. The van der Waals surface area contributed by atoms with E-state index in [1.165, 1.54) is 0 Å². The van der Waals surface area contributed by atoms with Crippen molar-refractivity contribution in [3.05, 3.63) is 46.6 Å². The Kier molecular flexibility index (Phi) is 3.48. The molecule has 0 aliphatic carbocycles. The molecule has 0 fully saturated rings. The van der Waals surface area contributed by atoms with Crippen LogP contribution < -0.4 is 10.5 Å². The molecule has 82 valence electrons. The number of rotatable bonds is 3. The lowest BCUT2D eigenvalue weighted by atomic mass is 10.3. The third kappa shape index (κ3) is 2.56. The van der Waals surface area contributed by atoms with Crippen LogP contribution in [-0.2, 0) is 6.54 Å². The summed E-state index contributed by atoms with van der Waals surface area (Å²) in [5.41, 5.74) is 6.16. The number of aromatic nitrogens is 2. The molecule has 0 aliphatic rings. The highest BCUT2D eigenvalue weighted by Gasteiger charge is 2.02. The molecule has 0 radical (unpaired) electrons. The van der Waals surface area contributed by atoms with Crippen LogP contribution in [0.3, 0.4) is 0 Å². The number of para-hydroxylation sites is 1. The van der Waals surface area contributed by atoms with Gasteiger partial charge in [-0.15, -0.1) is 5.10 Å². The van der Waals surface area contributed by atoms with E-state index >= 15 is 0 Å². The molecule has 2 rings (SSSR count).